The lowest BCUT2D eigenvalue weighted by atomic mass is 9.97. The Morgan fingerprint density at radius 2 is 2.15 bits per heavy atom. The zero-order valence-corrected chi connectivity index (χ0v) is 16.7. The Morgan fingerprint density at radius 1 is 1.30 bits per heavy atom. The van der Waals surface area contributed by atoms with Gasteiger partial charge in [-0.3, -0.25) is 9.36 Å². The molecule has 0 unspecified atom stereocenters. The number of aromatic nitrogens is 2. The molecule has 5 nitrogen and oxygen atoms in total. The minimum Gasteiger partial charge on any atom is -0.380 e. The predicted molar refractivity (Wildman–Crippen MR) is 111 cm³/mol. The normalized spacial score (nSPS) is 13.7. The number of nitrogens with zero attached hydrogens (tertiary/aromatic N) is 2. The first-order valence-electron chi connectivity index (χ1n) is 9.61. The summed E-state index contributed by atoms with van der Waals surface area (Å²) in [7, 11) is 1.69. The van der Waals surface area contributed by atoms with Crippen LogP contribution in [0.15, 0.2) is 29.1 Å². The van der Waals surface area contributed by atoms with E-state index in [1.807, 2.05) is 24.3 Å². The molecular formula is C21H25N3O2S. The van der Waals surface area contributed by atoms with E-state index in [2.05, 4.69) is 12.2 Å². The van der Waals surface area contributed by atoms with Crippen molar-refractivity contribution in [3.63, 3.8) is 0 Å². The van der Waals surface area contributed by atoms with Gasteiger partial charge < -0.3 is 10.1 Å². The van der Waals surface area contributed by atoms with Crippen molar-refractivity contribution < 1.29 is 4.74 Å². The minimum atomic E-state index is 0.0943. The molecule has 4 rings (SSSR count). The quantitative estimate of drug-likeness (QED) is 0.674. The number of benzene rings is 1. The van der Waals surface area contributed by atoms with Gasteiger partial charge in [-0.25, -0.2) is 4.98 Å². The summed E-state index contributed by atoms with van der Waals surface area (Å²) >= 11 is 1.69. The van der Waals surface area contributed by atoms with Crippen molar-refractivity contribution in [1.29, 1.82) is 0 Å². The lowest BCUT2D eigenvalue weighted by Crippen LogP contribution is -2.24. The number of hydrogen-bond donors (Lipinski definition) is 1. The van der Waals surface area contributed by atoms with E-state index in [1.165, 1.54) is 23.3 Å². The fourth-order valence-corrected chi connectivity index (χ4v) is 5.05. The van der Waals surface area contributed by atoms with E-state index >= 15 is 0 Å². The van der Waals surface area contributed by atoms with E-state index in [1.54, 1.807) is 23.0 Å². The van der Waals surface area contributed by atoms with Crippen molar-refractivity contribution in [2.24, 2.45) is 0 Å². The number of anilines is 2. The lowest BCUT2D eigenvalue weighted by Gasteiger charge is -2.15. The SMILES string of the molecule is CCCn1c(Nc2cccc(COC)c2)nc2sc3c(c2c1=O)CCCC3. The Bertz CT molecular complexity index is 1020. The van der Waals surface area contributed by atoms with E-state index in [-0.39, 0.29) is 5.56 Å². The third kappa shape index (κ3) is 3.51. The molecule has 0 aliphatic heterocycles. The standard InChI is InChI=1S/C21H25N3O2S/c1-3-11-24-20(25)18-16-9-4-5-10-17(16)27-19(18)23-21(24)22-15-8-6-7-14(12-15)13-26-2/h6-8,12H,3-5,9-11,13H2,1-2H3,(H,22,23). The zero-order valence-electron chi connectivity index (χ0n) is 15.9. The summed E-state index contributed by atoms with van der Waals surface area (Å²) in [6.45, 7) is 3.30. The molecule has 27 heavy (non-hydrogen) atoms. The fraction of sp³-hybridized carbons (Fsp3) is 0.429. The first-order chi connectivity index (χ1) is 13.2. The molecule has 0 fully saturated rings. The van der Waals surface area contributed by atoms with Crippen LogP contribution >= 0.6 is 11.3 Å². The predicted octanol–water partition coefficient (Wildman–Crippen LogP) is 4.64. The van der Waals surface area contributed by atoms with Gasteiger partial charge in [0.1, 0.15) is 4.83 Å². The van der Waals surface area contributed by atoms with Crippen LogP contribution in [0.4, 0.5) is 11.6 Å². The second-order valence-electron chi connectivity index (χ2n) is 7.04. The van der Waals surface area contributed by atoms with Gasteiger partial charge in [-0.05, 0) is 55.4 Å². The summed E-state index contributed by atoms with van der Waals surface area (Å²) in [6, 6.07) is 8.04. The monoisotopic (exact) mass is 383 g/mol. The summed E-state index contributed by atoms with van der Waals surface area (Å²) in [5.74, 6) is 0.627. The summed E-state index contributed by atoms with van der Waals surface area (Å²) < 4.78 is 7.02. The second kappa shape index (κ2) is 7.82. The molecule has 1 aliphatic rings. The number of fused-ring (bicyclic) bond motifs is 3. The molecule has 142 valence electrons. The van der Waals surface area contributed by atoms with E-state index in [0.29, 0.717) is 19.1 Å². The molecule has 2 aromatic heterocycles. The van der Waals surface area contributed by atoms with Crippen molar-refractivity contribution in [2.75, 3.05) is 12.4 Å². The third-order valence-electron chi connectivity index (χ3n) is 5.02. The Morgan fingerprint density at radius 3 is 2.96 bits per heavy atom. The van der Waals surface area contributed by atoms with Gasteiger partial charge in [0.2, 0.25) is 5.95 Å². The molecule has 1 aliphatic carbocycles. The van der Waals surface area contributed by atoms with Gasteiger partial charge in [-0.2, -0.15) is 0 Å². The van der Waals surface area contributed by atoms with Crippen LogP contribution in [0.3, 0.4) is 0 Å². The molecule has 6 heteroatoms. The van der Waals surface area contributed by atoms with Gasteiger partial charge in [0.25, 0.3) is 5.56 Å². The maximum Gasteiger partial charge on any atom is 0.263 e. The highest BCUT2D eigenvalue weighted by Gasteiger charge is 2.22. The Balaban J connectivity index is 1.81. The molecule has 3 aromatic rings. The fourth-order valence-electron chi connectivity index (χ4n) is 3.80. The number of nitrogens with one attached hydrogen (secondary N) is 1. The molecule has 0 bridgehead atoms. The van der Waals surface area contributed by atoms with Crippen molar-refractivity contribution >= 4 is 33.2 Å². The summed E-state index contributed by atoms with van der Waals surface area (Å²) in [5, 5.41) is 4.22. The van der Waals surface area contributed by atoms with Crippen molar-refractivity contribution in [3.8, 4) is 0 Å². The molecular weight excluding hydrogens is 358 g/mol. The number of methoxy groups -OCH3 is 1. The molecule has 1 aromatic carbocycles. The van der Waals surface area contributed by atoms with Crippen molar-refractivity contribution in [3.05, 3.63) is 50.6 Å². The van der Waals surface area contributed by atoms with Crippen LogP contribution in [-0.4, -0.2) is 16.7 Å². The molecule has 0 radical (unpaired) electrons. The molecule has 0 saturated heterocycles. The largest absolute Gasteiger partial charge is 0.380 e. The minimum absolute atomic E-state index is 0.0943. The number of aryl methyl sites for hydroxylation is 2. The topological polar surface area (TPSA) is 56.1 Å². The number of ether oxygens (including phenoxy) is 1. The number of hydrogen-bond acceptors (Lipinski definition) is 5. The molecule has 0 spiro atoms. The van der Waals surface area contributed by atoms with Crippen molar-refractivity contribution in [1.82, 2.24) is 9.55 Å². The molecule has 1 N–H and O–H groups in total. The van der Waals surface area contributed by atoms with Crippen LogP contribution in [0.25, 0.3) is 10.2 Å². The Kier molecular flexibility index (Phi) is 5.27. The average Bonchev–Trinajstić information content (AvgIpc) is 3.04. The van der Waals surface area contributed by atoms with Gasteiger partial charge in [-0.1, -0.05) is 19.1 Å². The highest BCUT2D eigenvalue weighted by atomic mass is 32.1. The van der Waals surface area contributed by atoms with E-state index in [4.69, 9.17) is 9.72 Å². The van der Waals surface area contributed by atoms with E-state index in [9.17, 15) is 4.79 Å². The average molecular weight is 384 g/mol. The van der Waals surface area contributed by atoms with Gasteiger partial charge >= 0.3 is 0 Å². The maximum absolute atomic E-state index is 13.3. The summed E-state index contributed by atoms with van der Waals surface area (Å²) in [6.07, 6.45) is 5.34. The van der Waals surface area contributed by atoms with Gasteiger partial charge in [0.05, 0.1) is 12.0 Å². The van der Waals surface area contributed by atoms with Crippen LogP contribution in [0.2, 0.25) is 0 Å². The van der Waals surface area contributed by atoms with Crippen LogP contribution in [-0.2, 0) is 30.7 Å². The second-order valence-corrected chi connectivity index (χ2v) is 8.13. The molecule has 0 saturated carbocycles. The van der Waals surface area contributed by atoms with Crippen LogP contribution in [0.5, 0.6) is 0 Å². The van der Waals surface area contributed by atoms with Gasteiger partial charge in [0, 0.05) is 24.2 Å². The highest BCUT2D eigenvalue weighted by molar-refractivity contribution is 7.18. The maximum atomic E-state index is 13.3. The summed E-state index contributed by atoms with van der Waals surface area (Å²) in [4.78, 5) is 20.4. The van der Waals surface area contributed by atoms with Gasteiger partial charge in [0.15, 0.2) is 0 Å². The molecule has 0 amide bonds. The Hall–Kier alpha value is -2.18. The number of rotatable bonds is 6. The van der Waals surface area contributed by atoms with Crippen molar-refractivity contribution in [2.45, 2.75) is 52.2 Å². The molecule has 0 atom stereocenters. The lowest BCUT2D eigenvalue weighted by molar-refractivity contribution is 0.185. The first kappa shape index (κ1) is 18.2. The van der Waals surface area contributed by atoms with Gasteiger partial charge in [-0.15, -0.1) is 11.3 Å². The zero-order chi connectivity index (χ0) is 18.8. The number of thiophene rings is 1. The smallest absolute Gasteiger partial charge is 0.263 e. The van der Waals surface area contributed by atoms with E-state index < -0.39 is 0 Å². The highest BCUT2D eigenvalue weighted by Crippen LogP contribution is 2.34. The molecule has 2 heterocycles. The van der Waals surface area contributed by atoms with Crippen LogP contribution < -0.4 is 10.9 Å². The third-order valence-corrected chi connectivity index (χ3v) is 6.20. The first-order valence-corrected chi connectivity index (χ1v) is 10.4. The van der Waals surface area contributed by atoms with E-state index in [0.717, 1.165) is 40.7 Å². The van der Waals surface area contributed by atoms with Crippen LogP contribution in [0.1, 0.15) is 42.2 Å². The van der Waals surface area contributed by atoms with Crippen LogP contribution in [0, 0.1) is 0 Å². The summed E-state index contributed by atoms with van der Waals surface area (Å²) in [5.41, 5.74) is 3.34. The Labute approximate surface area is 163 Å².